The highest BCUT2D eigenvalue weighted by atomic mass is 35.5. The third kappa shape index (κ3) is 4.23. The number of thioether (sulfide) groups is 1. The van der Waals surface area contributed by atoms with E-state index in [-0.39, 0.29) is 11.5 Å². The summed E-state index contributed by atoms with van der Waals surface area (Å²) in [7, 11) is 1.37. The number of carbonyl (C=O) groups is 1. The molecule has 0 spiro atoms. The summed E-state index contributed by atoms with van der Waals surface area (Å²) in [5.74, 6) is 0.447. The van der Waals surface area contributed by atoms with Crippen molar-refractivity contribution in [3.05, 3.63) is 45.0 Å². The number of benzene rings is 1. The van der Waals surface area contributed by atoms with Gasteiger partial charge in [0.2, 0.25) is 0 Å². The second kappa shape index (κ2) is 8.03. The number of hydrogen-bond acceptors (Lipinski definition) is 6. The van der Waals surface area contributed by atoms with E-state index in [0.29, 0.717) is 39.0 Å². The molecule has 0 amide bonds. The normalized spacial score (nSPS) is 11.0. The van der Waals surface area contributed by atoms with Crippen LogP contribution in [0.15, 0.2) is 39.6 Å². The Bertz CT molecular complexity index is 951. The van der Waals surface area contributed by atoms with Crippen molar-refractivity contribution in [2.24, 2.45) is 0 Å². The summed E-state index contributed by atoms with van der Waals surface area (Å²) < 4.78 is 4.60. The second-order valence-corrected chi connectivity index (χ2v) is 7.61. The van der Waals surface area contributed by atoms with E-state index in [1.165, 1.54) is 30.2 Å². The standard InChI is InChI=1S/C17H15ClN2O3S2/c1-23-13(21)3-2-8-24-17-19-15(22)14-12(9-25-16(14)20-17)10-4-6-11(18)7-5-10/h4-7,9H,2-3,8H2,1H3,(H,19,20,22). The molecule has 0 aliphatic rings. The average molecular weight is 395 g/mol. The van der Waals surface area contributed by atoms with Crippen molar-refractivity contribution in [1.82, 2.24) is 9.97 Å². The highest BCUT2D eigenvalue weighted by molar-refractivity contribution is 7.99. The zero-order valence-corrected chi connectivity index (χ0v) is 15.8. The van der Waals surface area contributed by atoms with Gasteiger partial charge in [0, 0.05) is 28.1 Å². The first-order valence-electron chi connectivity index (χ1n) is 7.55. The number of esters is 1. The Balaban J connectivity index is 1.80. The lowest BCUT2D eigenvalue weighted by Gasteiger charge is -2.02. The molecule has 1 aromatic carbocycles. The molecule has 130 valence electrons. The molecule has 25 heavy (non-hydrogen) atoms. The molecule has 0 aliphatic heterocycles. The van der Waals surface area contributed by atoms with Gasteiger partial charge in [-0.1, -0.05) is 35.5 Å². The van der Waals surface area contributed by atoms with Crippen LogP contribution in [0.3, 0.4) is 0 Å². The van der Waals surface area contributed by atoms with Crippen molar-refractivity contribution >= 4 is 50.9 Å². The van der Waals surface area contributed by atoms with Crippen molar-refractivity contribution in [3.63, 3.8) is 0 Å². The minimum absolute atomic E-state index is 0.160. The van der Waals surface area contributed by atoms with Crippen LogP contribution in [0, 0.1) is 0 Å². The van der Waals surface area contributed by atoms with Crippen LogP contribution in [-0.4, -0.2) is 28.8 Å². The van der Waals surface area contributed by atoms with Crippen LogP contribution in [-0.2, 0) is 9.53 Å². The Labute approximate surface area is 157 Å². The van der Waals surface area contributed by atoms with E-state index in [1.54, 1.807) is 12.1 Å². The van der Waals surface area contributed by atoms with Gasteiger partial charge in [0.25, 0.3) is 5.56 Å². The van der Waals surface area contributed by atoms with Crippen LogP contribution in [0.2, 0.25) is 5.02 Å². The Kier molecular flexibility index (Phi) is 5.78. The Hall–Kier alpha value is -1.83. The molecule has 5 nitrogen and oxygen atoms in total. The molecule has 0 radical (unpaired) electrons. The zero-order valence-electron chi connectivity index (χ0n) is 13.4. The van der Waals surface area contributed by atoms with Crippen molar-refractivity contribution < 1.29 is 9.53 Å². The molecule has 0 bridgehead atoms. The van der Waals surface area contributed by atoms with Crippen LogP contribution in [0.25, 0.3) is 21.3 Å². The zero-order chi connectivity index (χ0) is 17.8. The maximum atomic E-state index is 12.5. The SMILES string of the molecule is COC(=O)CCCSc1nc2scc(-c3ccc(Cl)cc3)c2c(=O)[nH]1. The van der Waals surface area contributed by atoms with Gasteiger partial charge in [-0.15, -0.1) is 11.3 Å². The second-order valence-electron chi connectivity index (χ2n) is 5.24. The van der Waals surface area contributed by atoms with Gasteiger partial charge in [-0.2, -0.15) is 0 Å². The third-order valence-electron chi connectivity index (χ3n) is 3.57. The number of methoxy groups -OCH3 is 1. The van der Waals surface area contributed by atoms with Crippen molar-refractivity contribution in [2.45, 2.75) is 18.0 Å². The summed E-state index contributed by atoms with van der Waals surface area (Å²) in [6, 6.07) is 7.37. The van der Waals surface area contributed by atoms with E-state index < -0.39 is 0 Å². The fourth-order valence-electron chi connectivity index (χ4n) is 2.33. The molecule has 0 saturated carbocycles. The number of thiophene rings is 1. The van der Waals surface area contributed by atoms with Gasteiger partial charge < -0.3 is 9.72 Å². The summed E-state index contributed by atoms with van der Waals surface area (Å²) in [5.41, 5.74) is 1.63. The van der Waals surface area contributed by atoms with Gasteiger partial charge in [0.05, 0.1) is 12.5 Å². The van der Waals surface area contributed by atoms with Gasteiger partial charge in [-0.3, -0.25) is 9.59 Å². The minimum Gasteiger partial charge on any atom is -0.469 e. The van der Waals surface area contributed by atoms with Crippen LogP contribution < -0.4 is 5.56 Å². The highest BCUT2D eigenvalue weighted by Gasteiger charge is 2.13. The summed E-state index contributed by atoms with van der Waals surface area (Å²) in [6.07, 6.45) is 1.02. The number of nitrogens with zero attached hydrogens (tertiary/aromatic N) is 1. The molecule has 3 aromatic rings. The molecular formula is C17H15ClN2O3S2. The number of halogens is 1. The van der Waals surface area contributed by atoms with E-state index in [4.69, 9.17) is 11.6 Å². The number of aromatic nitrogens is 2. The molecule has 2 aromatic heterocycles. The highest BCUT2D eigenvalue weighted by Crippen LogP contribution is 2.32. The van der Waals surface area contributed by atoms with Gasteiger partial charge in [0.1, 0.15) is 4.83 Å². The van der Waals surface area contributed by atoms with Crippen molar-refractivity contribution in [1.29, 1.82) is 0 Å². The molecule has 8 heteroatoms. The number of fused-ring (bicyclic) bond motifs is 1. The summed E-state index contributed by atoms with van der Waals surface area (Å²) >= 11 is 8.78. The van der Waals surface area contributed by atoms with Crippen LogP contribution in [0.1, 0.15) is 12.8 Å². The first-order valence-corrected chi connectivity index (χ1v) is 9.80. The maximum absolute atomic E-state index is 12.5. The van der Waals surface area contributed by atoms with E-state index in [9.17, 15) is 9.59 Å². The predicted molar refractivity (Wildman–Crippen MR) is 103 cm³/mol. The summed E-state index contributed by atoms with van der Waals surface area (Å²) in [6.45, 7) is 0. The molecule has 2 heterocycles. The Morgan fingerprint density at radius 3 is 2.84 bits per heavy atom. The fourth-order valence-corrected chi connectivity index (χ4v) is 4.26. The quantitative estimate of drug-likeness (QED) is 0.291. The number of ether oxygens (including phenoxy) is 1. The Morgan fingerprint density at radius 2 is 2.12 bits per heavy atom. The molecule has 3 rings (SSSR count). The molecular weight excluding hydrogens is 380 g/mol. The number of aromatic amines is 1. The van der Waals surface area contributed by atoms with Gasteiger partial charge >= 0.3 is 5.97 Å². The minimum atomic E-state index is -0.233. The van der Waals surface area contributed by atoms with Crippen LogP contribution in [0.4, 0.5) is 0 Å². The number of H-pyrrole nitrogens is 1. The van der Waals surface area contributed by atoms with Gasteiger partial charge in [0.15, 0.2) is 5.16 Å². The monoisotopic (exact) mass is 394 g/mol. The lowest BCUT2D eigenvalue weighted by atomic mass is 10.1. The van der Waals surface area contributed by atoms with E-state index in [1.807, 2.05) is 17.5 Å². The molecule has 0 fully saturated rings. The topological polar surface area (TPSA) is 72.0 Å². The van der Waals surface area contributed by atoms with E-state index >= 15 is 0 Å². The maximum Gasteiger partial charge on any atom is 0.305 e. The average Bonchev–Trinajstić information content (AvgIpc) is 3.03. The summed E-state index contributed by atoms with van der Waals surface area (Å²) in [4.78, 5) is 31.6. The van der Waals surface area contributed by atoms with E-state index in [0.717, 1.165) is 11.1 Å². The Morgan fingerprint density at radius 1 is 1.36 bits per heavy atom. The number of rotatable bonds is 6. The number of carbonyl (C=O) groups excluding carboxylic acids is 1. The number of nitrogens with one attached hydrogen (secondary N) is 1. The van der Waals surface area contributed by atoms with Crippen molar-refractivity contribution in [3.8, 4) is 11.1 Å². The smallest absolute Gasteiger partial charge is 0.305 e. The fraction of sp³-hybridized carbons (Fsp3) is 0.235. The first kappa shape index (κ1) is 18.0. The van der Waals surface area contributed by atoms with Crippen LogP contribution in [0.5, 0.6) is 0 Å². The van der Waals surface area contributed by atoms with Gasteiger partial charge in [-0.05, 0) is 24.1 Å². The molecule has 0 aliphatic carbocycles. The lowest BCUT2D eigenvalue weighted by molar-refractivity contribution is -0.140. The predicted octanol–water partition coefficient (Wildman–Crippen LogP) is 4.35. The number of hydrogen-bond donors (Lipinski definition) is 1. The largest absolute Gasteiger partial charge is 0.469 e. The molecule has 0 atom stereocenters. The molecule has 0 saturated heterocycles. The van der Waals surface area contributed by atoms with Crippen molar-refractivity contribution in [2.75, 3.05) is 12.9 Å². The van der Waals surface area contributed by atoms with Crippen LogP contribution >= 0.6 is 34.7 Å². The molecule has 0 unspecified atom stereocenters. The molecule has 1 N–H and O–H groups in total. The lowest BCUT2D eigenvalue weighted by Crippen LogP contribution is -2.09. The third-order valence-corrected chi connectivity index (χ3v) is 5.65. The first-order chi connectivity index (χ1) is 12.1. The van der Waals surface area contributed by atoms with Gasteiger partial charge in [-0.25, -0.2) is 4.98 Å². The van der Waals surface area contributed by atoms with E-state index in [2.05, 4.69) is 14.7 Å². The summed E-state index contributed by atoms with van der Waals surface area (Å²) in [5, 5.41) is 3.74.